The van der Waals surface area contributed by atoms with Gasteiger partial charge in [0.1, 0.15) is 0 Å². The second-order valence-corrected chi connectivity index (χ2v) is 6.86. The highest BCUT2D eigenvalue weighted by Gasteiger charge is 2.42. The molecule has 1 aliphatic carbocycles. The van der Waals surface area contributed by atoms with Gasteiger partial charge in [-0.05, 0) is 18.4 Å². The Labute approximate surface area is 127 Å². The minimum atomic E-state index is -0.0526. The molecular weight excluding hydrogens is 260 g/mol. The van der Waals surface area contributed by atoms with Gasteiger partial charge in [0.2, 0.25) is 0 Å². The number of oxime groups is 1. The number of benzene rings is 1. The fourth-order valence-corrected chi connectivity index (χ4v) is 3.41. The van der Waals surface area contributed by atoms with Crippen LogP contribution in [0.4, 0.5) is 0 Å². The topological polar surface area (TPSA) is 33.6 Å². The van der Waals surface area contributed by atoms with Crippen molar-refractivity contribution in [1.82, 2.24) is 5.32 Å². The van der Waals surface area contributed by atoms with Gasteiger partial charge in [-0.15, -0.1) is 0 Å². The van der Waals surface area contributed by atoms with Crippen LogP contribution in [0.15, 0.2) is 35.5 Å². The first-order chi connectivity index (χ1) is 10.2. The summed E-state index contributed by atoms with van der Waals surface area (Å²) in [6.45, 7) is 5.36. The summed E-state index contributed by atoms with van der Waals surface area (Å²) in [6, 6.07) is 11.0. The summed E-state index contributed by atoms with van der Waals surface area (Å²) in [5.74, 6) is 0. The Hall–Kier alpha value is -1.35. The maximum absolute atomic E-state index is 5.75. The molecule has 3 rings (SSSR count). The Morgan fingerprint density at radius 2 is 1.86 bits per heavy atom. The summed E-state index contributed by atoms with van der Waals surface area (Å²) in [4.78, 5) is 5.75. The zero-order valence-corrected chi connectivity index (χ0v) is 13.1. The van der Waals surface area contributed by atoms with E-state index in [1.54, 1.807) is 0 Å². The van der Waals surface area contributed by atoms with Crippen LogP contribution in [0.5, 0.6) is 0 Å². The number of rotatable bonds is 4. The molecule has 1 unspecified atom stereocenters. The fourth-order valence-electron chi connectivity index (χ4n) is 3.41. The molecule has 1 fully saturated rings. The summed E-state index contributed by atoms with van der Waals surface area (Å²) in [5.41, 5.74) is 2.18. The normalized spacial score (nSPS) is 25.4. The molecule has 2 aliphatic rings. The number of nitrogens with one attached hydrogen (secondary N) is 1. The van der Waals surface area contributed by atoms with Crippen molar-refractivity contribution in [3.05, 3.63) is 35.9 Å². The van der Waals surface area contributed by atoms with Crippen LogP contribution in [-0.2, 0) is 4.84 Å². The molecular formula is C18H26N2O. The lowest BCUT2D eigenvalue weighted by Crippen LogP contribution is -2.44. The largest absolute Gasteiger partial charge is 0.390 e. The van der Waals surface area contributed by atoms with Gasteiger partial charge < -0.3 is 10.2 Å². The van der Waals surface area contributed by atoms with Crippen LogP contribution in [0.2, 0.25) is 0 Å². The first kappa shape index (κ1) is 14.6. The van der Waals surface area contributed by atoms with Crippen molar-refractivity contribution in [2.75, 3.05) is 6.54 Å². The van der Waals surface area contributed by atoms with Crippen LogP contribution < -0.4 is 5.32 Å². The third-order valence-electron chi connectivity index (χ3n) is 4.93. The van der Waals surface area contributed by atoms with E-state index in [-0.39, 0.29) is 11.5 Å². The molecule has 3 nitrogen and oxygen atoms in total. The van der Waals surface area contributed by atoms with Gasteiger partial charge in [-0.1, -0.05) is 68.6 Å². The molecule has 1 heterocycles. The molecule has 3 heteroatoms. The Balaban J connectivity index is 1.61. The lowest BCUT2D eigenvalue weighted by atomic mass is 9.79. The van der Waals surface area contributed by atoms with E-state index in [2.05, 4.69) is 48.6 Å². The molecule has 0 bridgehead atoms. The summed E-state index contributed by atoms with van der Waals surface area (Å²) >= 11 is 0. The molecule has 1 aromatic rings. The highest BCUT2D eigenvalue weighted by molar-refractivity contribution is 6.05. The summed E-state index contributed by atoms with van der Waals surface area (Å²) < 4.78 is 0. The van der Waals surface area contributed by atoms with Crippen molar-refractivity contribution < 1.29 is 4.84 Å². The summed E-state index contributed by atoms with van der Waals surface area (Å²) in [7, 11) is 0. The van der Waals surface area contributed by atoms with Gasteiger partial charge in [0.15, 0.2) is 6.10 Å². The summed E-state index contributed by atoms with van der Waals surface area (Å²) in [5, 5.41) is 8.07. The van der Waals surface area contributed by atoms with Crippen molar-refractivity contribution in [3.8, 4) is 0 Å². The van der Waals surface area contributed by atoms with Crippen molar-refractivity contribution >= 4 is 5.71 Å². The standard InChI is InChI=1S/C18H26N2O/c1-18(2)16(13-19-15-11-7-4-8-12-15)21-20-17(18)14-9-5-3-6-10-14/h3,5-6,9-10,15-16,19H,4,7-8,11-13H2,1-2H3. The van der Waals surface area contributed by atoms with Crippen molar-refractivity contribution in [2.45, 2.75) is 58.1 Å². The average Bonchev–Trinajstić information content (AvgIpc) is 2.81. The third-order valence-corrected chi connectivity index (χ3v) is 4.93. The monoisotopic (exact) mass is 286 g/mol. The van der Waals surface area contributed by atoms with E-state index in [0.29, 0.717) is 6.04 Å². The van der Waals surface area contributed by atoms with E-state index < -0.39 is 0 Å². The first-order valence-electron chi connectivity index (χ1n) is 8.21. The Morgan fingerprint density at radius 3 is 2.57 bits per heavy atom. The zero-order chi connectivity index (χ0) is 14.7. The van der Waals surface area contributed by atoms with E-state index in [4.69, 9.17) is 4.84 Å². The van der Waals surface area contributed by atoms with Crippen LogP contribution in [-0.4, -0.2) is 24.4 Å². The lowest BCUT2D eigenvalue weighted by molar-refractivity contribution is 0.0341. The van der Waals surface area contributed by atoms with Gasteiger partial charge >= 0.3 is 0 Å². The molecule has 114 valence electrons. The molecule has 1 N–H and O–H groups in total. The highest BCUT2D eigenvalue weighted by atomic mass is 16.6. The predicted octanol–water partition coefficient (Wildman–Crippen LogP) is 3.74. The maximum Gasteiger partial charge on any atom is 0.150 e. The van der Waals surface area contributed by atoms with Gasteiger partial charge in [-0.2, -0.15) is 0 Å². The average molecular weight is 286 g/mol. The Morgan fingerprint density at radius 1 is 1.14 bits per heavy atom. The second kappa shape index (κ2) is 6.18. The minimum absolute atomic E-state index is 0.0526. The molecule has 1 saturated carbocycles. The van der Waals surface area contributed by atoms with Crippen LogP contribution in [0.3, 0.4) is 0 Å². The molecule has 0 amide bonds. The molecule has 1 atom stereocenters. The van der Waals surface area contributed by atoms with E-state index in [0.717, 1.165) is 12.3 Å². The van der Waals surface area contributed by atoms with Crippen molar-refractivity contribution in [2.24, 2.45) is 10.6 Å². The molecule has 0 spiro atoms. The lowest BCUT2D eigenvalue weighted by Gasteiger charge is -2.29. The van der Waals surface area contributed by atoms with Gasteiger partial charge in [0, 0.05) is 12.6 Å². The van der Waals surface area contributed by atoms with Gasteiger partial charge in [0.25, 0.3) is 0 Å². The van der Waals surface area contributed by atoms with Gasteiger partial charge in [0.05, 0.1) is 11.1 Å². The number of hydrogen-bond acceptors (Lipinski definition) is 3. The SMILES string of the molecule is CC1(C)C(c2ccccc2)=NOC1CNC1CCCCC1. The van der Waals surface area contributed by atoms with Crippen LogP contribution in [0.25, 0.3) is 0 Å². The van der Waals surface area contributed by atoms with E-state index in [1.807, 2.05) is 6.07 Å². The highest BCUT2D eigenvalue weighted by Crippen LogP contribution is 2.34. The molecule has 0 aromatic heterocycles. The van der Waals surface area contributed by atoms with E-state index in [9.17, 15) is 0 Å². The predicted molar refractivity (Wildman–Crippen MR) is 86.5 cm³/mol. The first-order valence-corrected chi connectivity index (χ1v) is 8.21. The third kappa shape index (κ3) is 3.13. The molecule has 0 radical (unpaired) electrons. The number of hydrogen-bond donors (Lipinski definition) is 1. The smallest absolute Gasteiger partial charge is 0.150 e. The van der Waals surface area contributed by atoms with Crippen LogP contribution in [0.1, 0.15) is 51.5 Å². The second-order valence-electron chi connectivity index (χ2n) is 6.86. The molecule has 1 aliphatic heterocycles. The summed E-state index contributed by atoms with van der Waals surface area (Å²) in [6.07, 6.45) is 6.84. The zero-order valence-electron chi connectivity index (χ0n) is 13.1. The van der Waals surface area contributed by atoms with E-state index >= 15 is 0 Å². The molecule has 1 aromatic carbocycles. The molecule has 21 heavy (non-hydrogen) atoms. The van der Waals surface area contributed by atoms with Gasteiger partial charge in [-0.3, -0.25) is 0 Å². The Bertz CT molecular complexity index is 489. The van der Waals surface area contributed by atoms with E-state index in [1.165, 1.54) is 37.7 Å². The fraction of sp³-hybridized carbons (Fsp3) is 0.611. The van der Waals surface area contributed by atoms with Crippen LogP contribution in [0, 0.1) is 5.41 Å². The van der Waals surface area contributed by atoms with Gasteiger partial charge in [-0.25, -0.2) is 0 Å². The van der Waals surface area contributed by atoms with Crippen molar-refractivity contribution in [3.63, 3.8) is 0 Å². The minimum Gasteiger partial charge on any atom is -0.390 e. The van der Waals surface area contributed by atoms with Crippen molar-refractivity contribution in [1.29, 1.82) is 0 Å². The van der Waals surface area contributed by atoms with Crippen LogP contribution >= 0.6 is 0 Å². The molecule has 0 saturated heterocycles. The Kier molecular flexibility index (Phi) is 4.29. The quantitative estimate of drug-likeness (QED) is 0.915. The maximum atomic E-state index is 5.75. The number of nitrogens with zero attached hydrogens (tertiary/aromatic N) is 1.